The molecular weight excluding hydrogens is 275 g/mol. The van der Waals surface area contributed by atoms with Gasteiger partial charge in [-0.05, 0) is 0 Å². The molecule has 0 radical (unpaired) electrons. The topological polar surface area (TPSA) is 68.7 Å². The zero-order valence-corrected chi connectivity index (χ0v) is 10.4. The number of halogens is 3. The quantitative estimate of drug-likeness (QED) is 0.852. The molecule has 0 spiro atoms. The molecule has 3 heterocycles. The van der Waals surface area contributed by atoms with Crippen molar-refractivity contribution in [3.63, 3.8) is 0 Å². The summed E-state index contributed by atoms with van der Waals surface area (Å²) < 4.78 is 44.6. The van der Waals surface area contributed by atoms with Crippen molar-refractivity contribution < 1.29 is 17.9 Å². The maximum atomic E-state index is 12.9. The molecule has 2 aromatic rings. The molecule has 0 saturated carbocycles. The third-order valence-electron chi connectivity index (χ3n) is 3.11. The molecule has 2 aromatic heterocycles. The third kappa shape index (κ3) is 2.13. The Bertz CT molecular complexity index is 633. The van der Waals surface area contributed by atoms with Crippen LogP contribution >= 0.6 is 0 Å². The lowest BCUT2D eigenvalue weighted by molar-refractivity contribution is -0.142. The third-order valence-corrected chi connectivity index (χ3v) is 3.11. The van der Waals surface area contributed by atoms with Gasteiger partial charge in [-0.15, -0.1) is 5.10 Å². The van der Waals surface area contributed by atoms with Crippen LogP contribution in [0.3, 0.4) is 0 Å². The fourth-order valence-electron chi connectivity index (χ4n) is 2.12. The van der Waals surface area contributed by atoms with Crippen LogP contribution in [0.15, 0.2) is 12.3 Å². The van der Waals surface area contributed by atoms with Crippen LogP contribution in [0.2, 0.25) is 0 Å². The standard InChI is InChI=1S/C11H12F3N5O/c12-11(13,14)8-6-16-10-7(15)5-9(17-19(8)10)18-1-3-20-4-2-18/h5-6H,1-4,15H2. The number of rotatable bonds is 1. The smallest absolute Gasteiger partial charge is 0.396 e. The summed E-state index contributed by atoms with van der Waals surface area (Å²) in [4.78, 5) is 5.52. The highest BCUT2D eigenvalue weighted by atomic mass is 19.4. The number of ether oxygens (including phenoxy) is 1. The van der Waals surface area contributed by atoms with Crippen molar-refractivity contribution in [3.05, 3.63) is 18.0 Å². The molecule has 0 bridgehead atoms. The molecule has 1 saturated heterocycles. The monoisotopic (exact) mass is 287 g/mol. The van der Waals surface area contributed by atoms with Gasteiger partial charge in [0.25, 0.3) is 0 Å². The van der Waals surface area contributed by atoms with Gasteiger partial charge in [0.1, 0.15) is 0 Å². The van der Waals surface area contributed by atoms with E-state index in [2.05, 4.69) is 10.1 Å². The first-order valence-corrected chi connectivity index (χ1v) is 6.01. The van der Waals surface area contributed by atoms with E-state index >= 15 is 0 Å². The highest BCUT2D eigenvalue weighted by molar-refractivity contribution is 5.68. The molecule has 0 amide bonds. The van der Waals surface area contributed by atoms with E-state index in [0.29, 0.717) is 32.1 Å². The summed E-state index contributed by atoms with van der Waals surface area (Å²) in [7, 11) is 0. The summed E-state index contributed by atoms with van der Waals surface area (Å²) in [5.41, 5.74) is 5.01. The van der Waals surface area contributed by atoms with Crippen molar-refractivity contribution in [1.82, 2.24) is 14.6 Å². The summed E-state index contributed by atoms with van der Waals surface area (Å²) in [6.45, 7) is 2.15. The minimum absolute atomic E-state index is 0.00864. The Hall–Kier alpha value is -2.03. The van der Waals surface area contributed by atoms with Crippen LogP contribution in [0, 0.1) is 0 Å². The average molecular weight is 287 g/mol. The SMILES string of the molecule is Nc1cc(N2CCOCC2)nn2c(C(F)(F)F)cnc12. The number of fused-ring (bicyclic) bond motifs is 1. The summed E-state index contributed by atoms with van der Waals surface area (Å²) in [5, 5.41) is 4.01. The van der Waals surface area contributed by atoms with Crippen molar-refractivity contribution >= 4 is 17.2 Å². The van der Waals surface area contributed by atoms with Crippen LogP contribution in [0.4, 0.5) is 24.7 Å². The first-order valence-electron chi connectivity index (χ1n) is 6.01. The summed E-state index contributed by atoms with van der Waals surface area (Å²) in [6, 6.07) is 1.54. The minimum atomic E-state index is -4.53. The number of alkyl halides is 3. The van der Waals surface area contributed by atoms with E-state index in [1.165, 1.54) is 6.07 Å². The first kappa shape index (κ1) is 13.0. The van der Waals surface area contributed by atoms with Crippen LogP contribution in [0.1, 0.15) is 5.69 Å². The lowest BCUT2D eigenvalue weighted by atomic mass is 10.3. The highest BCUT2D eigenvalue weighted by Gasteiger charge is 2.36. The van der Waals surface area contributed by atoms with Gasteiger partial charge in [-0.1, -0.05) is 0 Å². The predicted octanol–water partition coefficient (Wildman–Crippen LogP) is 1.17. The molecule has 1 aliphatic heterocycles. The Labute approximate surface area is 111 Å². The van der Waals surface area contributed by atoms with E-state index in [9.17, 15) is 13.2 Å². The highest BCUT2D eigenvalue weighted by Crippen LogP contribution is 2.31. The number of nitrogens with two attached hydrogens (primary N) is 1. The number of anilines is 2. The lowest BCUT2D eigenvalue weighted by Crippen LogP contribution is -2.37. The molecule has 6 nitrogen and oxygen atoms in total. The molecule has 1 aliphatic rings. The van der Waals surface area contributed by atoms with Gasteiger partial charge in [-0.25, -0.2) is 9.50 Å². The van der Waals surface area contributed by atoms with E-state index in [0.717, 1.165) is 10.7 Å². The van der Waals surface area contributed by atoms with Gasteiger partial charge in [-0.2, -0.15) is 13.2 Å². The molecule has 0 aliphatic carbocycles. The molecule has 2 N–H and O–H groups in total. The van der Waals surface area contributed by atoms with Crippen LogP contribution in [-0.4, -0.2) is 40.9 Å². The Kier molecular flexibility index (Phi) is 2.93. The number of hydrogen-bond donors (Lipinski definition) is 1. The van der Waals surface area contributed by atoms with Crippen LogP contribution in [-0.2, 0) is 10.9 Å². The van der Waals surface area contributed by atoms with Gasteiger partial charge in [0.2, 0.25) is 0 Å². The van der Waals surface area contributed by atoms with Gasteiger partial charge < -0.3 is 15.4 Å². The predicted molar refractivity (Wildman–Crippen MR) is 65.4 cm³/mol. The molecule has 0 atom stereocenters. The first-order chi connectivity index (χ1) is 9.47. The molecule has 1 fully saturated rings. The number of hydrogen-bond acceptors (Lipinski definition) is 5. The van der Waals surface area contributed by atoms with Gasteiger partial charge in [0.15, 0.2) is 17.2 Å². The summed E-state index contributed by atoms with van der Waals surface area (Å²) in [5.74, 6) is 0.391. The van der Waals surface area contributed by atoms with Crippen LogP contribution in [0.5, 0.6) is 0 Å². The van der Waals surface area contributed by atoms with Crippen molar-refractivity contribution in [2.75, 3.05) is 36.9 Å². The molecule has 0 unspecified atom stereocenters. The van der Waals surface area contributed by atoms with Gasteiger partial charge in [-0.3, -0.25) is 0 Å². The molecule has 108 valence electrons. The van der Waals surface area contributed by atoms with Gasteiger partial charge >= 0.3 is 6.18 Å². The second-order valence-corrected chi connectivity index (χ2v) is 4.43. The maximum Gasteiger partial charge on any atom is 0.435 e. The van der Waals surface area contributed by atoms with E-state index in [1.807, 2.05) is 4.90 Å². The van der Waals surface area contributed by atoms with Gasteiger partial charge in [0, 0.05) is 19.2 Å². The molecule has 9 heteroatoms. The minimum Gasteiger partial charge on any atom is -0.396 e. The second kappa shape index (κ2) is 4.51. The number of imidazole rings is 1. The second-order valence-electron chi connectivity index (χ2n) is 4.43. The number of morpholine rings is 1. The van der Waals surface area contributed by atoms with E-state index in [1.54, 1.807) is 0 Å². The summed E-state index contributed by atoms with van der Waals surface area (Å²) >= 11 is 0. The zero-order chi connectivity index (χ0) is 14.3. The number of nitrogen functional groups attached to an aromatic ring is 1. The van der Waals surface area contributed by atoms with Crippen LogP contribution < -0.4 is 10.6 Å². The molecule has 20 heavy (non-hydrogen) atoms. The van der Waals surface area contributed by atoms with Gasteiger partial charge in [0.05, 0.1) is 25.1 Å². The number of aromatic nitrogens is 3. The fourth-order valence-corrected chi connectivity index (χ4v) is 2.12. The molecular formula is C11H12F3N5O. The van der Waals surface area contributed by atoms with E-state index in [4.69, 9.17) is 10.5 Å². The largest absolute Gasteiger partial charge is 0.435 e. The van der Waals surface area contributed by atoms with Crippen LogP contribution in [0.25, 0.3) is 5.65 Å². The average Bonchev–Trinajstić information content (AvgIpc) is 2.84. The van der Waals surface area contributed by atoms with Crippen molar-refractivity contribution in [3.8, 4) is 0 Å². The Morgan fingerprint density at radius 2 is 1.95 bits per heavy atom. The normalized spacial score (nSPS) is 16.9. The van der Waals surface area contributed by atoms with E-state index < -0.39 is 11.9 Å². The molecule has 0 aromatic carbocycles. The zero-order valence-electron chi connectivity index (χ0n) is 10.4. The fraction of sp³-hybridized carbons (Fsp3) is 0.455. The van der Waals surface area contributed by atoms with E-state index in [-0.39, 0.29) is 11.3 Å². The maximum absolute atomic E-state index is 12.9. The van der Waals surface area contributed by atoms with Crippen molar-refractivity contribution in [1.29, 1.82) is 0 Å². The Balaban J connectivity index is 2.11. The molecule has 3 rings (SSSR count). The lowest BCUT2D eigenvalue weighted by Gasteiger charge is -2.27. The van der Waals surface area contributed by atoms with Crippen molar-refractivity contribution in [2.24, 2.45) is 0 Å². The Morgan fingerprint density at radius 3 is 2.60 bits per heavy atom. The number of nitrogens with zero attached hydrogens (tertiary/aromatic N) is 4. The Morgan fingerprint density at radius 1 is 1.25 bits per heavy atom. The van der Waals surface area contributed by atoms with Crippen molar-refractivity contribution in [2.45, 2.75) is 6.18 Å². The summed E-state index contributed by atoms with van der Waals surface area (Å²) in [6.07, 6.45) is -3.79.